The standard InChI is InChI=1S/C7H8N2S/c1-5-2-3-6-7(9-5)10-4-8-6/h2-3,8H,4H2,1H3. The fourth-order valence-electron chi connectivity index (χ4n) is 0.960. The molecule has 0 aliphatic carbocycles. The Kier molecular flexibility index (Phi) is 1.31. The number of hydrogen-bond donors (Lipinski definition) is 1. The highest BCUT2D eigenvalue weighted by molar-refractivity contribution is 7.99. The summed E-state index contributed by atoms with van der Waals surface area (Å²) in [6.07, 6.45) is 0. The van der Waals surface area contributed by atoms with Crippen LogP contribution in [0.2, 0.25) is 0 Å². The van der Waals surface area contributed by atoms with Gasteiger partial charge in [-0.3, -0.25) is 0 Å². The minimum atomic E-state index is 0.964. The minimum absolute atomic E-state index is 0.964. The van der Waals surface area contributed by atoms with E-state index in [1.54, 1.807) is 11.8 Å². The van der Waals surface area contributed by atoms with Crippen LogP contribution in [0.25, 0.3) is 0 Å². The molecule has 2 nitrogen and oxygen atoms in total. The summed E-state index contributed by atoms with van der Waals surface area (Å²) >= 11 is 1.76. The Morgan fingerprint density at radius 2 is 2.50 bits per heavy atom. The second kappa shape index (κ2) is 2.16. The molecule has 0 saturated carbocycles. The molecule has 2 heterocycles. The predicted octanol–water partition coefficient (Wildman–Crippen LogP) is 1.87. The van der Waals surface area contributed by atoms with Crippen LogP contribution < -0.4 is 5.32 Å². The fourth-order valence-corrected chi connectivity index (χ4v) is 1.83. The van der Waals surface area contributed by atoms with Gasteiger partial charge in [-0.2, -0.15) is 0 Å². The molecule has 2 rings (SSSR count). The molecule has 0 unspecified atom stereocenters. The Balaban J connectivity index is 2.52. The van der Waals surface area contributed by atoms with Crippen LogP contribution in [0.15, 0.2) is 17.2 Å². The van der Waals surface area contributed by atoms with Crippen molar-refractivity contribution in [3.8, 4) is 0 Å². The van der Waals surface area contributed by atoms with Crippen molar-refractivity contribution in [2.45, 2.75) is 11.9 Å². The highest BCUT2D eigenvalue weighted by Crippen LogP contribution is 2.31. The van der Waals surface area contributed by atoms with E-state index < -0.39 is 0 Å². The molecule has 1 aromatic rings. The van der Waals surface area contributed by atoms with Crippen LogP contribution in [0, 0.1) is 6.92 Å². The van der Waals surface area contributed by atoms with E-state index in [-0.39, 0.29) is 0 Å². The number of anilines is 1. The molecule has 0 radical (unpaired) electrons. The average molecular weight is 152 g/mol. The van der Waals surface area contributed by atoms with Gasteiger partial charge in [0.1, 0.15) is 5.03 Å². The van der Waals surface area contributed by atoms with Crippen LogP contribution in [-0.4, -0.2) is 10.9 Å². The first-order valence-electron chi connectivity index (χ1n) is 3.20. The lowest BCUT2D eigenvalue weighted by Crippen LogP contribution is -1.88. The Hall–Kier alpha value is -0.700. The molecule has 0 amide bonds. The zero-order chi connectivity index (χ0) is 6.97. The number of nitrogens with zero attached hydrogens (tertiary/aromatic N) is 1. The van der Waals surface area contributed by atoms with E-state index in [1.807, 2.05) is 13.0 Å². The quantitative estimate of drug-likeness (QED) is 0.614. The minimum Gasteiger partial charge on any atom is -0.373 e. The largest absolute Gasteiger partial charge is 0.373 e. The van der Waals surface area contributed by atoms with Gasteiger partial charge in [0.05, 0.1) is 11.6 Å². The van der Waals surface area contributed by atoms with Crippen molar-refractivity contribution >= 4 is 17.4 Å². The molecular formula is C7H8N2S. The van der Waals surface area contributed by atoms with Crippen LogP contribution in [0.5, 0.6) is 0 Å². The summed E-state index contributed by atoms with van der Waals surface area (Å²) in [4.78, 5) is 4.35. The Labute approximate surface area is 64.0 Å². The average Bonchev–Trinajstić information content (AvgIpc) is 2.33. The normalized spacial score (nSPS) is 14.5. The molecule has 1 aliphatic heterocycles. The lowest BCUT2D eigenvalue weighted by atomic mass is 10.3. The Morgan fingerprint density at radius 1 is 1.60 bits per heavy atom. The van der Waals surface area contributed by atoms with Crippen molar-refractivity contribution in [1.29, 1.82) is 0 Å². The lowest BCUT2D eigenvalue weighted by Gasteiger charge is -1.96. The topological polar surface area (TPSA) is 24.9 Å². The van der Waals surface area contributed by atoms with Gasteiger partial charge in [-0.15, -0.1) is 0 Å². The number of fused-ring (bicyclic) bond motifs is 1. The molecule has 1 N–H and O–H groups in total. The maximum absolute atomic E-state index is 4.35. The molecule has 1 aliphatic rings. The second-order valence-corrected chi connectivity index (χ2v) is 3.23. The Bertz CT molecular complexity index is 260. The zero-order valence-corrected chi connectivity index (χ0v) is 6.53. The number of rotatable bonds is 0. The van der Waals surface area contributed by atoms with Crippen molar-refractivity contribution < 1.29 is 0 Å². The summed E-state index contributed by atoms with van der Waals surface area (Å²) in [5.41, 5.74) is 2.27. The maximum atomic E-state index is 4.35. The summed E-state index contributed by atoms with van der Waals surface area (Å²) in [5, 5.41) is 4.37. The van der Waals surface area contributed by atoms with E-state index in [1.165, 1.54) is 5.69 Å². The highest BCUT2D eigenvalue weighted by Gasteiger charge is 2.10. The van der Waals surface area contributed by atoms with Crippen molar-refractivity contribution in [1.82, 2.24) is 4.98 Å². The van der Waals surface area contributed by atoms with Gasteiger partial charge in [-0.1, -0.05) is 11.8 Å². The molecule has 0 saturated heterocycles. The van der Waals surface area contributed by atoms with Gasteiger partial charge < -0.3 is 5.32 Å². The summed E-state index contributed by atoms with van der Waals surface area (Å²) in [7, 11) is 0. The van der Waals surface area contributed by atoms with Gasteiger partial charge in [0.2, 0.25) is 0 Å². The summed E-state index contributed by atoms with van der Waals surface area (Å²) < 4.78 is 0. The van der Waals surface area contributed by atoms with Gasteiger partial charge in [-0.05, 0) is 19.1 Å². The lowest BCUT2D eigenvalue weighted by molar-refractivity contribution is 1.08. The van der Waals surface area contributed by atoms with Gasteiger partial charge in [0.25, 0.3) is 0 Å². The first-order chi connectivity index (χ1) is 4.86. The number of aromatic nitrogens is 1. The molecular weight excluding hydrogens is 144 g/mol. The molecule has 10 heavy (non-hydrogen) atoms. The molecule has 3 heteroatoms. The van der Waals surface area contributed by atoms with E-state index in [0.29, 0.717) is 0 Å². The van der Waals surface area contributed by atoms with Crippen LogP contribution >= 0.6 is 11.8 Å². The molecule has 0 spiro atoms. The van der Waals surface area contributed by atoms with E-state index >= 15 is 0 Å². The number of thioether (sulfide) groups is 1. The van der Waals surface area contributed by atoms with E-state index in [4.69, 9.17) is 0 Å². The molecule has 0 fully saturated rings. The van der Waals surface area contributed by atoms with Crippen LogP contribution in [0.4, 0.5) is 5.69 Å². The number of nitrogens with one attached hydrogen (secondary N) is 1. The SMILES string of the molecule is Cc1ccc2c(n1)SCN2. The third-order valence-electron chi connectivity index (χ3n) is 1.47. The molecule has 0 aromatic carbocycles. The van der Waals surface area contributed by atoms with Crippen molar-refractivity contribution in [2.24, 2.45) is 0 Å². The predicted molar refractivity (Wildman–Crippen MR) is 43.3 cm³/mol. The molecule has 0 bridgehead atoms. The zero-order valence-electron chi connectivity index (χ0n) is 5.72. The smallest absolute Gasteiger partial charge is 0.121 e. The highest BCUT2D eigenvalue weighted by atomic mass is 32.2. The van der Waals surface area contributed by atoms with Crippen LogP contribution in [-0.2, 0) is 0 Å². The first-order valence-corrected chi connectivity index (χ1v) is 4.19. The monoisotopic (exact) mass is 152 g/mol. The van der Waals surface area contributed by atoms with Gasteiger partial charge in [0, 0.05) is 5.69 Å². The molecule has 0 atom stereocenters. The second-order valence-electron chi connectivity index (χ2n) is 2.27. The Morgan fingerprint density at radius 3 is 3.40 bits per heavy atom. The van der Waals surface area contributed by atoms with Crippen molar-refractivity contribution in [3.63, 3.8) is 0 Å². The van der Waals surface area contributed by atoms with Gasteiger partial charge >= 0.3 is 0 Å². The van der Waals surface area contributed by atoms with Crippen LogP contribution in [0.3, 0.4) is 0 Å². The van der Waals surface area contributed by atoms with Gasteiger partial charge in [-0.25, -0.2) is 4.98 Å². The number of aryl methyl sites for hydroxylation is 1. The van der Waals surface area contributed by atoms with Crippen molar-refractivity contribution in [2.75, 3.05) is 11.2 Å². The van der Waals surface area contributed by atoms with Gasteiger partial charge in [0.15, 0.2) is 0 Å². The van der Waals surface area contributed by atoms with E-state index in [2.05, 4.69) is 16.4 Å². The third kappa shape index (κ3) is 0.865. The summed E-state index contributed by atoms with van der Waals surface area (Å²) in [5.74, 6) is 0.964. The third-order valence-corrected chi connectivity index (χ3v) is 2.34. The summed E-state index contributed by atoms with van der Waals surface area (Å²) in [6.45, 7) is 2.01. The van der Waals surface area contributed by atoms with E-state index in [0.717, 1.165) is 16.6 Å². The fraction of sp³-hybridized carbons (Fsp3) is 0.286. The molecule has 1 aromatic heterocycles. The summed E-state index contributed by atoms with van der Waals surface area (Å²) in [6, 6.07) is 4.11. The molecule has 52 valence electrons. The maximum Gasteiger partial charge on any atom is 0.121 e. The van der Waals surface area contributed by atoms with Crippen molar-refractivity contribution in [3.05, 3.63) is 17.8 Å². The number of hydrogen-bond acceptors (Lipinski definition) is 3. The first kappa shape index (κ1) is 6.04. The van der Waals surface area contributed by atoms with E-state index in [9.17, 15) is 0 Å². The van der Waals surface area contributed by atoms with Crippen LogP contribution in [0.1, 0.15) is 5.69 Å². The number of pyridine rings is 1.